The minimum absolute atomic E-state index is 0.655. The largest absolute Gasteiger partial charge is 0.399 e. The molecule has 0 aliphatic heterocycles. The van der Waals surface area contributed by atoms with Gasteiger partial charge in [-0.2, -0.15) is 0 Å². The van der Waals surface area contributed by atoms with Crippen LogP contribution in [0.5, 0.6) is 0 Å². The molecule has 82 valence electrons. The molecule has 2 rings (SSSR count). The van der Waals surface area contributed by atoms with Crippen LogP contribution in [-0.4, -0.2) is 6.04 Å². The van der Waals surface area contributed by atoms with Crippen molar-refractivity contribution in [3.63, 3.8) is 0 Å². The maximum absolute atomic E-state index is 5.73. The van der Waals surface area contributed by atoms with Crippen molar-refractivity contribution in [1.29, 1.82) is 0 Å². The number of nitrogens with one attached hydrogen (secondary N) is 1. The van der Waals surface area contributed by atoms with Crippen LogP contribution in [0.25, 0.3) is 0 Å². The van der Waals surface area contributed by atoms with Gasteiger partial charge >= 0.3 is 0 Å². The molecule has 1 fully saturated rings. The lowest BCUT2D eigenvalue weighted by Gasteiger charge is -2.16. The van der Waals surface area contributed by atoms with E-state index in [0.717, 1.165) is 11.6 Å². The number of hydrogen-bond acceptors (Lipinski definition) is 2. The first-order valence-electron chi connectivity index (χ1n) is 5.78. The summed E-state index contributed by atoms with van der Waals surface area (Å²) in [6.45, 7) is 4.44. The summed E-state index contributed by atoms with van der Waals surface area (Å²) in [6, 6.07) is 6.74. The molecular weight excluding hydrogens is 184 g/mol. The van der Waals surface area contributed by atoms with Crippen molar-refractivity contribution in [3.05, 3.63) is 23.8 Å². The van der Waals surface area contributed by atoms with Gasteiger partial charge < -0.3 is 11.1 Å². The number of nitrogen functional groups attached to an aromatic ring is 1. The quantitative estimate of drug-likeness (QED) is 0.726. The van der Waals surface area contributed by atoms with Crippen molar-refractivity contribution < 1.29 is 0 Å². The highest BCUT2D eigenvalue weighted by molar-refractivity contribution is 5.57. The third-order valence-electron chi connectivity index (χ3n) is 3.30. The van der Waals surface area contributed by atoms with Crippen molar-refractivity contribution in [2.24, 2.45) is 5.92 Å². The predicted octanol–water partition coefficient (Wildman–Crippen LogP) is 3.18. The average molecular weight is 204 g/mol. The van der Waals surface area contributed by atoms with Crippen LogP contribution in [0.4, 0.5) is 11.4 Å². The lowest BCUT2D eigenvalue weighted by Crippen LogP contribution is -2.16. The van der Waals surface area contributed by atoms with Gasteiger partial charge in [-0.3, -0.25) is 0 Å². The van der Waals surface area contributed by atoms with Crippen LogP contribution in [0.3, 0.4) is 0 Å². The summed E-state index contributed by atoms with van der Waals surface area (Å²) < 4.78 is 0. The first kappa shape index (κ1) is 10.3. The number of rotatable bonds is 2. The molecule has 2 unspecified atom stereocenters. The summed E-state index contributed by atoms with van der Waals surface area (Å²) >= 11 is 0. The lowest BCUT2D eigenvalue weighted by atomic mass is 10.1. The summed E-state index contributed by atoms with van der Waals surface area (Å²) in [5.74, 6) is 0.872. The lowest BCUT2D eigenvalue weighted by molar-refractivity contribution is 0.602. The smallest absolute Gasteiger partial charge is 0.0373 e. The monoisotopic (exact) mass is 204 g/mol. The van der Waals surface area contributed by atoms with Crippen molar-refractivity contribution in [3.8, 4) is 0 Å². The molecule has 0 aromatic heterocycles. The van der Waals surface area contributed by atoms with Crippen LogP contribution < -0.4 is 11.1 Å². The normalized spacial score (nSPS) is 25.5. The Balaban J connectivity index is 2.04. The first-order chi connectivity index (χ1) is 7.15. The van der Waals surface area contributed by atoms with Gasteiger partial charge in [0.2, 0.25) is 0 Å². The molecule has 0 bridgehead atoms. The van der Waals surface area contributed by atoms with Crippen LogP contribution in [0.1, 0.15) is 31.7 Å². The number of benzene rings is 1. The maximum Gasteiger partial charge on any atom is 0.0373 e. The Bertz CT molecular complexity index is 346. The van der Waals surface area contributed by atoms with Gasteiger partial charge in [-0.25, -0.2) is 0 Å². The highest BCUT2D eigenvalue weighted by atomic mass is 14.9. The Morgan fingerprint density at radius 1 is 1.33 bits per heavy atom. The zero-order chi connectivity index (χ0) is 10.8. The standard InChI is InChI=1S/C13H20N2/c1-9-3-5-12(7-9)15-13-6-4-11(14)8-10(13)2/h4,6,8-9,12,15H,3,5,7,14H2,1-2H3. The third kappa shape index (κ3) is 2.44. The second-order valence-electron chi connectivity index (χ2n) is 4.83. The molecule has 1 aliphatic carbocycles. The Labute approximate surface area is 91.9 Å². The highest BCUT2D eigenvalue weighted by Crippen LogP contribution is 2.28. The number of nitrogens with two attached hydrogens (primary N) is 1. The minimum Gasteiger partial charge on any atom is -0.399 e. The molecule has 1 aromatic rings. The summed E-state index contributed by atoms with van der Waals surface area (Å²) in [4.78, 5) is 0. The molecule has 15 heavy (non-hydrogen) atoms. The fourth-order valence-corrected chi connectivity index (χ4v) is 2.41. The van der Waals surface area contributed by atoms with E-state index in [-0.39, 0.29) is 0 Å². The van der Waals surface area contributed by atoms with E-state index < -0.39 is 0 Å². The van der Waals surface area contributed by atoms with E-state index in [2.05, 4.69) is 25.2 Å². The van der Waals surface area contributed by atoms with Gasteiger partial charge in [0.25, 0.3) is 0 Å². The summed E-state index contributed by atoms with van der Waals surface area (Å²) in [7, 11) is 0. The molecule has 1 aliphatic rings. The predicted molar refractivity (Wildman–Crippen MR) is 66.0 cm³/mol. The molecule has 0 saturated heterocycles. The van der Waals surface area contributed by atoms with Gasteiger partial charge in [0.1, 0.15) is 0 Å². The van der Waals surface area contributed by atoms with E-state index in [9.17, 15) is 0 Å². The molecule has 0 radical (unpaired) electrons. The molecule has 3 N–H and O–H groups in total. The van der Waals surface area contributed by atoms with E-state index in [4.69, 9.17) is 5.73 Å². The fourth-order valence-electron chi connectivity index (χ4n) is 2.41. The van der Waals surface area contributed by atoms with E-state index in [0.29, 0.717) is 6.04 Å². The van der Waals surface area contributed by atoms with E-state index in [1.165, 1.54) is 30.5 Å². The molecule has 0 heterocycles. The zero-order valence-electron chi connectivity index (χ0n) is 9.59. The number of aryl methyl sites for hydroxylation is 1. The Kier molecular flexibility index (Phi) is 2.85. The number of anilines is 2. The topological polar surface area (TPSA) is 38.0 Å². The summed E-state index contributed by atoms with van der Waals surface area (Å²) in [5, 5.41) is 3.61. The van der Waals surface area contributed by atoms with Crippen LogP contribution in [0, 0.1) is 12.8 Å². The van der Waals surface area contributed by atoms with Crippen molar-refractivity contribution >= 4 is 11.4 Å². The van der Waals surface area contributed by atoms with E-state index >= 15 is 0 Å². The molecular formula is C13H20N2. The molecule has 1 aromatic carbocycles. The Hall–Kier alpha value is -1.18. The molecule has 0 amide bonds. The maximum atomic E-state index is 5.73. The Morgan fingerprint density at radius 2 is 2.13 bits per heavy atom. The zero-order valence-corrected chi connectivity index (χ0v) is 9.59. The molecule has 2 heteroatoms. The van der Waals surface area contributed by atoms with Gasteiger partial charge in [-0.15, -0.1) is 0 Å². The first-order valence-corrected chi connectivity index (χ1v) is 5.78. The highest BCUT2D eigenvalue weighted by Gasteiger charge is 2.21. The van der Waals surface area contributed by atoms with Gasteiger partial charge in [-0.1, -0.05) is 6.92 Å². The molecule has 0 spiro atoms. The summed E-state index contributed by atoms with van der Waals surface area (Å²) in [6.07, 6.45) is 3.94. The van der Waals surface area contributed by atoms with Crippen molar-refractivity contribution in [2.45, 2.75) is 39.2 Å². The van der Waals surface area contributed by atoms with Gasteiger partial charge in [0.15, 0.2) is 0 Å². The van der Waals surface area contributed by atoms with Crippen LogP contribution in [0.15, 0.2) is 18.2 Å². The minimum atomic E-state index is 0.655. The second kappa shape index (κ2) is 4.13. The van der Waals surface area contributed by atoms with E-state index in [1.54, 1.807) is 0 Å². The molecule has 1 saturated carbocycles. The third-order valence-corrected chi connectivity index (χ3v) is 3.30. The Morgan fingerprint density at radius 3 is 2.73 bits per heavy atom. The average Bonchev–Trinajstić information content (AvgIpc) is 2.56. The van der Waals surface area contributed by atoms with E-state index in [1.807, 2.05) is 12.1 Å². The molecule has 2 atom stereocenters. The SMILES string of the molecule is Cc1cc(N)ccc1NC1CCC(C)C1. The number of hydrogen-bond donors (Lipinski definition) is 2. The second-order valence-corrected chi connectivity index (χ2v) is 4.83. The van der Waals surface area contributed by atoms with Gasteiger partial charge in [0, 0.05) is 17.4 Å². The van der Waals surface area contributed by atoms with Crippen LogP contribution in [0.2, 0.25) is 0 Å². The fraction of sp³-hybridized carbons (Fsp3) is 0.538. The van der Waals surface area contributed by atoms with Gasteiger partial charge in [0.05, 0.1) is 0 Å². The summed E-state index contributed by atoms with van der Waals surface area (Å²) in [5.41, 5.74) is 9.06. The van der Waals surface area contributed by atoms with Crippen LogP contribution in [-0.2, 0) is 0 Å². The van der Waals surface area contributed by atoms with Crippen molar-refractivity contribution in [1.82, 2.24) is 0 Å². The van der Waals surface area contributed by atoms with Crippen molar-refractivity contribution in [2.75, 3.05) is 11.1 Å². The van der Waals surface area contributed by atoms with Crippen LogP contribution >= 0.6 is 0 Å². The molecule has 2 nitrogen and oxygen atoms in total. The van der Waals surface area contributed by atoms with Gasteiger partial charge in [-0.05, 0) is 55.9 Å².